The van der Waals surface area contributed by atoms with E-state index in [9.17, 15) is 28.8 Å². The first-order valence-electron chi connectivity index (χ1n) is 27.2. The van der Waals surface area contributed by atoms with Crippen molar-refractivity contribution in [3.63, 3.8) is 0 Å². The van der Waals surface area contributed by atoms with Crippen molar-refractivity contribution in [3.05, 3.63) is 82.2 Å². The molecule has 0 bridgehead atoms. The van der Waals surface area contributed by atoms with E-state index in [4.69, 9.17) is 9.47 Å². The van der Waals surface area contributed by atoms with Gasteiger partial charge in [-0.2, -0.15) is 0 Å². The fourth-order valence-corrected chi connectivity index (χ4v) is 11.4. The Balaban J connectivity index is 0.00000441. The molecule has 2 saturated heterocycles. The van der Waals surface area contributed by atoms with Gasteiger partial charge >= 0.3 is 0 Å². The molecular weight excluding hydrogens is 1040 g/mol. The Hall–Kier alpha value is -6.04. The molecule has 3 aliphatic heterocycles. The summed E-state index contributed by atoms with van der Waals surface area (Å²) in [4.78, 5) is 87.4. The average molecular weight is 1120 g/mol. The van der Waals surface area contributed by atoms with Gasteiger partial charge in [0.2, 0.25) is 35.4 Å². The number of aromatic nitrogens is 6. The summed E-state index contributed by atoms with van der Waals surface area (Å²) in [6, 6.07) is 11.0. The van der Waals surface area contributed by atoms with Crippen molar-refractivity contribution in [2.24, 2.45) is 0 Å². The number of nitrogens with one attached hydrogen (secondary N) is 6. The Kier molecular flexibility index (Phi) is 20.4. The highest BCUT2D eigenvalue weighted by atomic mass is 35.5. The van der Waals surface area contributed by atoms with Gasteiger partial charge in [0.1, 0.15) is 46.9 Å². The van der Waals surface area contributed by atoms with Crippen molar-refractivity contribution >= 4 is 60.3 Å². The van der Waals surface area contributed by atoms with E-state index in [2.05, 4.69) is 76.8 Å². The van der Waals surface area contributed by atoms with Crippen LogP contribution < -0.4 is 31.9 Å². The van der Waals surface area contributed by atoms with Crippen LogP contribution in [0.15, 0.2) is 48.5 Å². The number of likely N-dealkylation sites (tertiary alicyclic amines) is 2. The third-order valence-electron chi connectivity index (χ3n) is 16.1. The molecule has 6 amide bonds. The van der Waals surface area contributed by atoms with Crippen molar-refractivity contribution < 1.29 is 38.2 Å². The molecule has 0 unspecified atom stereocenters. The number of ether oxygens (including phenoxy) is 2. The first kappa shape index (κ1) is 59.6. The first-order valence-corrected chi connectivity index (χ1v) is 27.2. The quantitative estimate of drug-likeness (QED) is 0.0744. The van der Waals surface area contributed by atoms with Gasteiger partial charge in [-0.15, -0.1) is 35.0 Å². The largest absolute Gasteiger partial charge is 0.369 e. The molecule has 10 atom stereocenters. The highest BCUT2D eigenvalue weighted by Crippen LogP contribution is 2.34. The third kappa shape index (κ3) is 12.8. The minimum Gasteiger partial charge on any atom is -0.369 e. The smallest absolute Gasteiger partial charge is 0.248 e. The van der Waals surface area contributed by atoms with Gasteiger partial charge < -0.3 is 51.2 Å². The normalized spacial score (nSPS) is 21.6. The van der Waals surface area contributed by atoms with E-state index in [0.717, 1.165) is 49.7 Å². The number of rotatable bonds is 20. The summed E-state index contributed by atoms with van der Waals surface area (Å²) in [7, 11) is 3.31. The molecule has 24 heteroatoms. The van der Waals surface area contributed by atoms with Gasteiger partial charge in [-0.3, -0.25) is 28.8 Å². The van der Waals surface area contributed by atoms with Gasteiger partial charge in [-0.05, 0) is 128 Å². The van der Waals surface area contributed by atoms with Crippen molar-refractivity contribution in [1.82, 2.24) is 71.7 Å². The molecule has 5 aliphatic rings. The predicted molar refractivity (Wildman–Crippen MR) is 293 cm³/mol. The van der Waals surface area contributed by atoms with Crippen LogP contribution >= 0.6 is 24.8 Å². The van der Waals surface area contributed by atoms with Crippen LogP contribution in [0.2, 0.25) is 0 Å². The summed E-state index contributed by atoms with van der Waals surface area (Å²) >= 11 is 0. The molecule has 424 valence electrons. The number of aryl methyl sites for hydroxylation is 4. The van der Waals surface area contributed by atoms with Crippen LogP contribution in [0.4, 0.5) is 0 Å². The van der Waals surface area contributed by atoms with Crippen LogP contribution in [0, 0.1) is 0 Å². The number of hydrogen-bond donors (Lipinski definition) is 6. The Morgan fingerprint density at radius 2 is 0.962 bits per heavy atom. The van der Waals surface area contributed by atoms with Gasteiger partial charge in [-0.25, -0.2) is 9.36 Å². The van der Waals surface area contributed by atoms with Gasteiger partial charge in [-0.1, -0.05) is 59.0 Å². The van der Waals surface area contributed by atoms with E-state index < -0.39 is 72.1 Å². The molecule has 4 aromatic rings. The van der Waals surface area contributed by atoms with Crippen molar-refractivity contribution in [3.8, 4) is 11.4 Å². The predicted octanol–water partition coefficient (Wildman–Crippen LogP) is 2.76. The second-order valence-corrected chi connectivity index (χ2v) is 20.9. The Morgan fingerprint density at radius 3 is 1.36 bits per heavy atom. The molecule has 2 aliphatic carbocycles. The average Bonchev–Trinajstić information content (AvgIpc) is 4.40. The van der Waals surface area contributed by atoms with Crippen LogP contribution in [-0.4, -0.2) is 151 Å². The summed E-state index contributed by atoms with van der Waals surface area (Å²) in [5, 5.41) is 36.0. The second-order valence-electron chi connectivity index (χ2n) is 20.9. The Morgan fingerprint density at radius 1 is 0.564 bits per heavy atom. The Bertz CT molecular complexity index is 2590. The number of amides is 6. The highest BCUT2D eigenvalue weighted by Gasteiger charge is 2.43. The van der Waals surface area contributed by atoms with Gasteiger partial charge in [0.25, 0.3) is 0 Å². The van der Waals surface area contributed by atoms with Crippen molar-refractivity contribution in [1.29, 1.82) is 0 Å². The first-order chi connectivity index (χ1) is 36.8. The number of nitrogens with zero attached hydrogens (tertiary/aromatic N) is 8. The maximum atomic E-state index is 14.7. The van der Waals surface area contributed by atoms with E-state index in [1.165, 1.54) is 11.1 Å². The lowest BCUT2D eigenvalue weighted by atomic mass is 9.87. The number of benzene rings is 2. The Labute approximate surface area is 467 Å². The number of halogens is 2. The molecule has 78 heavy (non-hydrogen) atoms. The van der Waals surface area contributed by atoms with Crippen LogP contribution in [0.5, 0.6) is 0 Å². The molecular formula is C54H76Cl2N14O8. The van der Waals surface area contributed by atoms with E-state index in [0.29, 0.717) is 74.6 Å². The number of hydrogen-bond acceptors (Lipinski definition) is 14. The lowest BCUT2D eigenvalue weighted by Crippen LogP contribution is -2.59. The standard InChI is InChI=1S/C54H74N14O8.2ClH/c1-31(55-5)49(69)59-45(53(73)65-25-13-23-43(65)51(71)57-39-21-11-17-35-15-7-9-19-37(35)39)33(3)75-29-41-47-48-42(62-64-68(48)28-27-67(47)63-61-41)30-76-34(4)46(60-50(70)32(2)56-6)54(74)66-26-14-24-44(66)52(72)58-40-22-12-18-36-16-8-10-20-38(36)40;;/h7-10,15-16,19-20,31-34,39-40,43-46,55-56H,11-14,17-18,21-30H2,1-6H3,(H,57,71)(H,58,72)(H,59,69)(H,60,70);2*1H/t31-,32-,33+,34+,39+,40+,43-,44-,45-,46-;;/m0../s1. The molecule has 0 radical (unpaired) electrons. The van der Waals surface area contributed by atoms with Crippen LogP contribution in [0.25, 0.3) is 11.4 Å². The summed E-state index contributed by atoms with van der Waals surface area (Å²) in [6.07, 6.45) is 5.89. The lowest BCUT2D eigenvalue weighted by Gasteiger charge is -2.33. The lowest BCUT2D eigenvalue weighted by molar-refractivity contribution is -0.145. The number of carbonyl (C=O) groups is 6. The fraction of sp³-hybridized carbons (Fsp3) is 0.593. The molecule has 9 rings (SSSR count). The molecule has 0 spiro atoms. The molecule has 2 aromatic carbocycles. The zero-order chi connectivity index (χ0) is 53.6. The summed E-state index contributed by atoms with van der Waals surface area (Å²) in [6.45, 7) is 8.12. The zero-order valence-corrected chi connectivity index (χ0v) is 47.0. The maximum absolute atomic E-state index is 14.7. The molecule has 5 heterocycles. The number of fused-ring (bicyclic) bond motifs is 5. The van der Waals surface area contributed by atoms with Gasteiger partial charge in [0.15, 0.2) is 0 Å². The summed E-state index contributed by atoms with van der Waals surface area (Å²) < 4.78 is 16.4. The molecule has 2 aromatic heterocycles. The van der Waals surface area contributed by atoms with Crippen LogP contribution in [-0.2, 0) is 77.4 Å². The zero-order valence-electron chi connectivity index (χ0n) is 45.4. The van der Waals surface area contributed by atoms with Crippen LogP contribution in [0.1, 0.15) is 125 Å². The van der Waals surface area contributed by atoms with E-state index in [-0.39, 0.29) is 61.9 Å². The SMILES string of the molecule is CN[C@@H](C)C(=O)N[C@H](C(=O)N1CCC[C@H]1C(=O)N[C@@H]1CCCc2ccccc21)[C@@H](C)OCc1nnn2c1-c1c(CO[C@H](C)[C@H](NC(=O)[C@H](C)NC)C(=O)N3CCC[C@H]3C(=O)N[C@@H]3CCCc4ccccc43)nnn1CC2.Cl.Cl. The molecule has 6 N–H and O–H groups in total. The third-order valence-corrected chi connectivity index (χ3v) is 16.1. The molecule has 22 nitrogen and oxygen atoms in total. The summed E-state index contributed by atoms with van der Waals surface area (Å²) in [5.74, 6) is -2.10. The monoisotopic (exact) mass is 1120 g/mol. The van der Waals surface area contributed by atoms with Crippen LogP contribution in [0.3, 0.4) is 0 Å². The minimum atomic E-state index is -1.15. The second kappa shape index (κ2) is 26.7. The number of likely N-dealkylation sites (N-methyl/N-ethyl adjacent to an activating group) is 2. The topological polar surface area (TPSA) is 261 Å². The van der Waals surface area contributed by atoms with Crippen molar-refractivity contribution in [2.75, 3.05) is 27.2 Å². The maximum Gasteiger partial charge on any atom is 0.248 e. The minimum absolute atomic E-state index is 0. The van der Waals surface area contributed by atoms with E-state index in [1.54, 1.807) is 61.0 Å². The van der Waals surface area contributed by atoms with Gasteiger partial charge in [0, 0.05) is 13.1 Å². The van der Waals surface area contributed by atoms with E-state index in [1.807, 2.05) is 24.3 Å². The highest BCUT2D eigenvalue weighted by molar-refractivity contribution is 5.95. The van der Waals surface area contributed by atoms with Crippen molar-refractivity contribution in [2.45, 2.75) is 179 Å². The molecule has 0 saturated carbocycles. The molecule has 2 fully saturated rings. The fourth-order valence-electron chi connectivity index (χ4n) is 11.4. The number of carbonyl (C=O) groups excluding carboxylic acids is 6. The van der Waals surface area contributed by atoms with Gasteiger partial charge in [0.05, 0.1) is 62.7 Å². The van der Waals surface area contributed by atoms with E-state index >= 15 is 0 Å². The summed E-state index contributed by atoms with van der Waals surface area (Å²) in [5.41, 5.74) is 6.63.